The first-order valence-electron chi connectivity index (χ1n) is 9.35. The quantitative estimate of drug-likeness (QED) is 0.694. The molecule has 29 heavy (non-hydrogen) atoms. The third-order valence-corrected chi connectivity index (χ3v) is 6.61. The second-order valence-electron chi connectivity index (χ2n) is 6.99. The van der Waals surface area contributed by atoms with Crippen LogP contribution in [-0.2, 0) is 14.8 Å². The van der Waals surface area contributed by atoms with Gasteiger partial charge >= 0.3 is 0 Å². The number of hydrogen-bond donors (Lipinski definition) is 1. The maximum absolute atomic E-state index is 12.6. The lowest BCUT2D eigenvalue weighted by atomic mass is 10.2. The summed E-state index contributed by atoms with van der Waals surface area (Å²) in [5.74, 6) is 0.257. The Bertz CT molecular complexity index is 982. The van der Waals surface area contributed by atoms with E-state index < -0.39 is 15.9 Å². The van der Waals surface area contributed by atoms with Crippen molar-refractivity contribution in [1.82, 2.24) is 9.29 Å². The fourth-order valence-electron chi connectivity index (χ4n) is 3.12. The monoisotopic (exact) mass is 416 g/mol. The zero-order valence-electron chi connectivity index (χ0n) is 16.5. The molecule has 2 aromatic rings. The number of aromatic nitrogens is 1. The highest BCUT2D eigenvalue weighted by molar-refractivity contribution is 7.89. The van der Waals surface area contributed by atoms with Crippen LogP contribution in [0.3, 0.4) is 0 Å². The van der Waals surface area contributed by atoms with Gasteiger partial charge in [-0.2, -0.15) is 4.31 Å². The number of likely N-dealkylation sites (N-methyl/N-ethyl adjacent to an activating group) is 1. The summed E-state index contributed by atoms with van der Waals surface area (Å²) in [7, 11) is -2.51. The number of carbonyl (C=O) groups is 2. The van der Waals surface area contributed by atoms with Crippen molar-refractivity contribution in [1.29, 1.82) is 0 Å². The molecule has 0 atom stereocenters. The van der Waals surface area contributed by atoms with Crippen molar-refractivity contribution in [3.05, 3.63) is 48.2 Å². The average Bonchev–Trinajstić information content (AvgIpc) is 3.23. The van der Waals surface area contributed by atoms with E-state index in [4.69, 9.17) is 0 Å². The Morgan fingerprint density at radius 1 is 1.10 bits per heavy atom. The number of sulfonamides is 1. The van der Waals surface area contributed by atoms with Crippen LogP contribution in [0.25, 0.3) is 0 Å². The first kappa shape index (κ1) is 20.9. The molecule has 1 aromatic heterocycles. The first-order valence-corrected chi connectivity index (χ1v) is 10.8. The van der Waals surface area contributed by atoms with Crippen LogP contribution in [0.2, 0.25) is 0 Å². The molecule has 2 heterocycles. The molecule has 154 valence electrons. The Balaban J connectivity index is 1.61. The van der Waals surface area contributed by atoms with Gasteiger partial charge in [-0.1, -0.05) is 12.1 Å². The molecular formula is C20H24N4O4S. The Morgan fingerprint density at radius 2 is 1.76 bits per heavy atom. The van der Waals surface area contributed by atoms with E-state index in [1.165, 1.54) is 38.2 Å². The lowest BCUT2D eigenvalue weighted by molar-refractivity contribution is -0.116. The van der Waals surface area contributed by atoms with E-state index in [9.17, 15) is 18.0 Å². The highest BCUT2D eigenvalue weighted by atomic mass is 32.2. The van der Waals surface area contributed by atoms with Crippen molar-refractivity contribution >= 4 is 33.2 Å². The van der Waals surface area contributed by atoms with Crippen molar-refractivity contribution in [3.8, 4) is 0 Å². The van der Waals surface area contributed by atoms with E-state index >= 15 is 0 Å². The van der Waals surface area contributed by atoms with E-state index in [0.717, 1.165) is 36.1 Å². The van der Waals surface area contributed by atoms with Gasteiger partial charge in [-0.15, -0.1) is 0 Å². The Morgan fingerprint density at radius 3 is 2.31 bits per heavy atom. The fourth-order valence-corrected chi connectivity index (χ4v) is 4.25. The van der Waals surface area contributed by atoms with Gasteiger partial charge in [0, 0.05) is 25.7 Å². The zero-order valence-corrected chi connectivity index (χ0v) is 17.3. The van der Waals surface area contributed by atoms with Gasteiger partial charge in [-0.3, -0.25) is 9.59 Å². The minimum Gasteiger partial charge on any atom is -0.357 e. The minimum atomic E-state index is -3.85. The summed E-state index contributed by atoms with van der Waals surface area (Å²) >= 11 is 0. The molecule has 9 heteroatoms. The average molecular weight is 417 g/mol. The number of nitrogens with one attached hydrogen (secondary N) is 1. The number of benzene rings is 1. The normalized spacial score (nSPS) is 14.2. The number of amides is 1. The molecule has 3 rings (SSSR count). The van der Waals surface area contributed by atoms with Gasteiger partial charge in [-0.05, 0) is 44.0 Å². The maximum Gasteiger partial charge on any atom is 0.243 e. The number of anilines is 2. The first-order chi connectivity index (χ1) is 13.8. The number of nitrogens with zero attached hydrogens (tertiary/aromatic N) is 3. The Kier molecular flexibility index (Phi) is 6.29. The molecule has 1 amide bonds. The van der Waals surface area contributed by atoms with E-state index in [1.54, 1.807) is 12.3 Å². The SMILES string of the molecule is CC(=O)c1ccc(S(=O)(=O)N(C)CC(=O)Nc2ccc(N3CCCC3)nc2)cc1. The lowest BCUT2D eigenvalue weighted by Gasteiger charge is -2.18. The third kappa shape index (κ3) is 4.99. The molecular weight excluding hydrogens is 392 g/mol. The van der Waals surface area contributed by atoms with Gasteiger partial charge in [0.1, 0.15) is 5.82 Å². The molecule has 1 fully saturated rings. The molecule has 0 radical (unpaired) electrons. The highest BCUT2D eigenvalue weighted by Gasteiger charge is 2.23. The van der Waals surface area contributed by atoms with Gasteiger partial charge in [-0.25, -0.2) is 13.4 Å². The largest absolute Gasteiger partial charge is 0.357 e. The summed E-state index contributed by atoms with van der Waals surface area (Å²) < 4.78 is 26.2. The van der Waals surface area contributed by atoms with Crippen LogP contribution in [0.5, 0.6) is 0 Å². The topological polar surface area (TPSA) is 99.7 Å². The van der Waals surface area contributed by atoms with Crippen LogP contribution in [-0.4, -0.2) is 56.1 Å². The summed E-state index contributed by atoms with van der Waals surface area (Å²) in [5.41, 5.74) is 0.934. The molecule has 1 saturated heterocycles. The van der Waals surface area contributed by atoms with Crippen molar-refractivity contribution < 1.29 is 18.0 Å². The van der Waals surface area contributed by atoms with E-state index in [-0.39, 0.29) is 17.2 Å². The Labute approximate surface area is 170 Å². The van der Waals surface area contributed by atoms with Gasteiger partial charge in [0.05, 0.1) is 23.3 Å². The molecule has 1 aliphatic heterocycles. The standard InChI is InChI=1S/C20H24N4O4S/c1-15(25)16-5-8-18(9-6-16)29(27,28)23(2)14-20(26)22-17-7-10-19(21-13-17)24-11-3-4-12-24/h5-10,13H,3-4,11-12,14H2,1-2H3,(H,22,26). The lowest BCUT2D eigenvalue weighted by Crippen LogP contribution is -2.35. The number of hydrogen-bond acceptors (Lipinski definition) is 6. The van der Waals surface area contributed by atoms with Crippen LogP contribution < -0.4 is 10.2 Å². The van der Waals surface area contributed by atoms with Crippen LogP contribution in [0.15, 0.2) is 47.5 Å². The fraction of sp³-hybridized carbons (Fsp3) is 0.350. The van der Waals surface area contributed by atoms with Crippen molar-refractivity contribution in [2.24, 2.45) is 0 Å². The smallest absolute Gasteiger partial charge is 0.243 e. The number of rotatable bonds is 7. The highest BCUT2D eigenvalue weighted by Crippen LogP contribution is 2.19. The summed E-state index contributed by atoms with van der Waals surface area (Å²) in [6.45, 7) is 3.03. The van der Waals surface area contributed by atoms with E-state index in [2.05, 4.69) is 15.2 Å². The third-order valence-electron chi connectivity index (χ3n) is 4.80. The molecule has 0 spiro atoms. The molecule has 1 aliphatic rings. The van der Waals surface area contributed by atoms with Crippen LogP contribution in [0.1, 0.15) is 30.1 Å². The van der Waals surface area contributed by atoms with Gasteiger partial charge < -0.3 is 10.2 Å². The number of pyridine rings is 1. The van der Waals surface area contributed by atoms with Gasteiger partial charge in [0.25, 0.3) is 0 Å². The molecule has 1 aromatic carbocycles. The minimum absolute atomic E-state index is 0.0226. The number of carbonyl (C=O) groups excluding carboxylic acids is 2. The zero-order chi connectivity index (χ0) is 21.0. The molecule has 0 saturated carbocycles. The maximum atomic E-state index is 12.6. The molecule has 0 bridgehead atoms. The molecule has 0 unspecified atom stereocenters. The summed E-state index contributed by atoms with van der Waals surface area (Å²) in [6, 6.07) is 9.24. The predicted molar refractivity (Wildman–Crippen MR) is 111 cm³/mol. The molecule has 1 N–H and O–H groups in total. The summed E-state index contributed by atoms with van der Waals surface area (Å²) in [5, 5.41) is 2.67. The molecule has 0 aliphatic carbocycles. The second kappa shape index (κ2) is 8.71. The Hall–Kier alpha value is -2.78. The van der Waals surface area contributed by atoms with Gasteiger partial charge in [0.2, 0.25) is 15.9 Å². The van der Waals surface area contributed by atoms with Gasteiger partial charge in [0.15, 0.2) is 5.78 Å². The van der Waals surface area contributed by atoms with Crippen LogP contribution >= 0.6 is 0 Å². The summed E-state index contributed by atoms with van der Waals surface area (Å²) in [4.78, 5) is 30.2. The number of Topliss-reactive ketones (excluding diaryl/α,β-unsaturated/α-hetero) is 1. The predicted octanol–water partition coefficient (Wildman–Crippen LogP) is 2.14. The molecule has 8 nitrogen and oxygen atoms in total. The second-order valence-corrected chi connectivity index (χ2v) is 9.03. The van der Waals surface area contributed by atoms with Crippen LogP contribution in [0, 0.1) is 0 Å². The van der Waals surface area contributed by atoms with E-state index in [0.29, 0.717) is 11.3 Å². The summed E-state index contributed by atoms with van der Waals surface area (Å²) in [6.07, 6.45) is 3.87. The number of ketones is 1. The van der Waals surface area contributed by atoms with Crippen molar-refractivity contribution in [3.63, 3.8) is 0 Å². The van der Waals surface area contributed by atoms with E-state index in [1.807, 2.05) is 6.07 Å². The van der Waals surface area contributed by atoms with Crippen molar-refractivity contribution in [2.45, 2.75) is 24.7 Å². The van der Waals surface area contributed by atoms with Crippen LogP contribution in [0.4, 0.5) is 11.5 Å². The van der Waals surface area contributed by atoms with Crippen molar-refractivity contribution in [2.75, 3.05) is 36.9 Å².